The number of hydrogen-bond donors (Lipinski definition) is 1. The van der Waals surface area contributed by atoms with E-state index >= 15 is 0 Å². The van der Waals surface area contributed by atoms with E-state index in [0.29, 0.717) is 6.04 Å². The van der Waals surface area contributed by atoms with Crippen LogP contribution in [-0.4, -0.2) is 37.0 Å². The summed E-state index contributed by atoms with van der Waals surface area (Å²) in [6.07, 6.45) is 4.08. The van der Waals surface area contributed by atoms with Crippen LogP contribution in [0.3, 0.4) is 0 Å². The Morgan fingerprint density at radius 2 is 1.83 bits per heavy atom. The van der Waals surface area contributed by atoms with Gasteiger partial charge in [-0.25, -0.2) is 0 Å². The first-order valence-corrected chi connectivity index (χ1v) is 8.86. The highest BCUT2D eigenvalue weighted by molar-refractivity contribution is 5.95. The molecule has 2 aromatic rings. The lowest BCUT2D eigenvalue weighted by Gasteiger charge is -2.33. The van der Waals surface area contributed by atoms with E-state index in [1.807, 2.05) is 36.2 Å². The number of rotatable bonds is 5. The first-order valence-electron chi connectivity index (χ1n) is 8.86. The second-order valence-electron chi connectivity index (χ2n) is 6.52. The van der Waals surface area contributed by atoms with E-state index in [1.165, 1.54) is 5.56 Å². The van der Waals surface area contributed by atoms with Crippen LogP contribution in [0.5, 0.6) is 0 Å². The molecule has 1 aliphatic rings. The minimum Gasteiger partial charge on any atom is -0.337 e. The quantitative estimate of drug-likeness (QED) is 0.916. The number of aryl methyl sites for hydroxylation is 2. The van der Waals surface area contributed by atoms with E-state index in [2.05, 4.69) is 35.6 Å². The molecule has 1 N–H and O–H groups in total. The van der Waals surface area contributed by atoms with Gasteiger partial charge in [-0.05, 0) is 49.9 Å². The standard InChI is InChI=1S/C21H26N2O/c1-22-19-11-7-15-23(16-19)21(24)20-12-6-5-10-18(20)14-13-17-8-3-2-4-9-17/h2-6,8-10,12,19,22H,7,11,13-16H2,1H3. The van der Waals surface area contributed by atoms with Gasteiger partial charge in [0.15, 0.2) is 0 Å². The molecule has 1 amide bonds. The van der Waals surface area contributed by atoms with Gasteiger partial charge in [0.2, 0.25) is 0 Å². The molecule has 1 unspecified atom stereocenters. The minimum absolute atomic E-state index is 0.179. The van der Waals surface area contributed by atoms with E-state index < -0.39 is 0 Å². The minimum atomic E-state index is 0.179. The predicted octanol–water partition coefficient (Wildman–Crippen LogP) is 3.30. The van der Waals surface area contributed by atoms with Crippen LogP contribution in [0.15, 0.2) is 54.6 Å². The maximum absolute atomic E-state index is 13.0. The molecule has 0 aromatic heterocycles. The van der Waals surface area contributed by atoms with Crippen LogP contribution in [0.1, 0.15) is 34.3 Å². The average Bonchev–Trinajstić information content (AvgIpc) is 2.67. The van der Waals surface area contributed by atoms with Gasteiger partial charge in [-0.3, -0.25) is 4.79 Å². The molecule has 0 spiro atoms. The van der Waals surface area contributed by atoms with Crippen LogP contribution >= 0.6 is 0 Å². The summed E-state index contributed by atoms with van der Waals surface area (Å²) in [7, 11) is 1.98. The Hall–Kier alpha value is -2.13. The normalized spacial score (nSPS) is 17.7. The molecular weight excluding hydrogens is 296 g/mol. The van der Waals surface area contributed by atoms with E-state index in [-0.39, 0.29) is 5.91 Å². The number of piperidine rings is 1. The fourth-order valence-electron chi connectivity index (χ4n) is 3.44. The van der Waals surface area contributed by atoms with Crippen LogP contribution in [0.2, 0.25) is 0 Å². The summed E-state index contributed by atoms with van der Waals surface area (Å²) >= 11 is 0. The summed E-state index contributed by atoms with van der Waals surface area (Å²) < 4.78 is 0. The molecule has 2 aromatic carbocycles. The highest BCUT2D eigenvalue weighted by atomic mass is 16.2. The lowest BCUT2D eigenvalue weighted by Crippen LogP contribution is -2.47. The molecule has 0 bridgehead atoms. The maximum Gasteiger partial charge on any atom is 0.254 e. The zero-order valence-electron chi connectivity index (χ0n) is 14.4. The number of hydrogen-bond acceptors (Lipinski definition) is 2. The van der Waals surface area contributed by atoms with Crippen molar-refractivity contribution >= 4 is 5.91 Å². The number of carbonyl (C=O) groups is 1. The Bertz CT molecular complexity index is 669. The number of carbonyl (C=O) groups excluding carboxylic acids is 1. The number of amides is 1. The molecule has 1 aliphatic heterocycles. The van der Waals surface area contributed by atoms with E-state index in [0.717, 1.165) is 49.9 Å². The van der Waals surface area contributed by atoms with Gasteiger partial charge < -0.3 is 10.2 Å². The Balaban J connectivity index is 1.72. The number of likely N-dealkylation sites (N-methyl/N-ethyl adjacent to an activating group) is 1. The fraction of sp³-hybridized carbons (Fsp3) is 0.381. The molecule has 3 rings (SSSR count). The van der Waals surface area contributed by atoms with Crippen molar-refractivity contribution in [2.24, 2.45) is 0 Å². The first-order chi connectivity index (χ1) is 11.8. The number of benzene rings is 2. The van der Waals surface area contributed by atoms with Crippen molar-refractivity contribution in [3.05, 3.63) is 71.3 Å². The third-order valence-electron chi connectivity index (χ3n) is 4.89. The molecule has 24 heavy (non-hydrogen) atoms. The van der Waals surface area contributed by atoms with Crippen molar-refractivity contribution in [2.75, 3.05) is 20.1 Å². The highest BCUT2D eigenvalue weighted by Crippen LogP contribution is 2.18. The number of nitrogens with zero attached hydrogens (tertiary/aromatic N) is 1. The summed E-state index contributed by atoms with van der Waals surface area (Å²) in [6.45, 7) is 1.67. The zero-order valence-corrected chi connectivity index (χ0v) is 14.4. The van der Waals surface area contributed by atoms with Gasteiger partial charge in [0.05, 0.1) is 0 Å². The molecule has 3 heteroatoms. The SMILES string of the molecule is CNC1CCCN(C(=O)c2ccccc2CCc2ccccc2)C1. The fourth-order valence-corrected chi connectivity index (χ4v) is 3.44. The molecule has 0 saturated carbocycles. The summed E-state index contributed by atoms with van der Waals surface area (Å²) in [5.41, 5.74) is 3.33. The van der Waals surface area contributed by atoms with E-state index in [4.69, 9.17) is 0 Å². The molecule has 1 atom stereocenters. The van der Waals surface area contributed by atoms with Crippen LogP contribution < -0.4 is 5.32 Å². The van der Waals surface area contributed by atoms with Crippen LogP contribution in [0, 0.1) is 0 Å². The Morgan fingerprint density at radius 3 is 2.62 bits per heavy atom. The summed E-state index contributed by atoms with van der Waals surface area (Å²) in [6, 6.07) is 19.0. The smallest absolute Gasteiger partial charge is 0.254 e. The van der Waals surface area contributed by atoms with Crippen molar-refractivity contribution < 1.29 is 4.79 Å². The van der Waals surface area contributed by atoms with Gasteiger partial charge >= 0.3 is 0 Å². The largest absolute Gasteiger partial charge is 0.337 e. The van der Waals surface area contributed by atoms with E-state index in [9.17, 15) is 4.79 Å². The summed E-state index contributed by atoms with van der Waals surface area (Å²) in [5, 5.41) is 3.31. The molecular formula is C21H26N2O. The van der Waals surface area contributed by atoms with Gasteiger partial charge in [0.25, 0.3) is 5.91 Å². The Kier molecular flexibility index (Phi) is 5.65. The topological polar surface area (TPSA) is 32.3 Å². The van der Waals surface area contributed by atoms with Gasteiger partial charge in [0.1, 0.15) is 0 Å². The second-order valence-corrected chi connectivity index (χ2v) is 6.52. The molecule has 126 valence electrons. The molecule has 1 heterocycles. The predicted molar refractivity (Wildman–Crippen MR) is 98.3 cm³/mol. The molecule has 0 aliphatic carbocycles. The third-order valence-corrected chi connectivity index (χ3v) is 4.89. The van der Waals surface area contributed by atoms with Crippen molar-refractivity contribution in [3.63, 3.8) is 0 Å². The van der Waals surface area contributed by atoms with Gasteiger partial charge in [-0.15, -0.1) is 0 Å². The van der Waals surface area contributed by atoms with Crippen molar-refractivity contribution in [1.82, 2.24) is 10.2 Å². The monoisotopic (exact) mass is 322 g/mol. The highest BCUT2D eigenvalue weighted by Gasteiger charge is 2.24. The lowest BCUT2D eigenvalue weighted by molar-refractivity contribution is 0.0697. The average molecular weight is 322 g/mol. The van der Waals surface area contributed by atoms with Crippen molar-refractivity contribution in [2.45, 2.75) is 31.7 Å². The second kappa shape index (κ2) is 8.11. The molecule has 1 fully saturated rings. The Morgan fingerprint density at radius 1 is 1.08 bits per heavy atom. The molecule has 1 saturated heterocycles. The van der Waals surface area contributed by atoms with Crippen molar-refractivity contribution in [3.8, 4) is 0 Å². The van der Waals surface area contributed by atoms with Crippen LogP contribution in [0.25, 0.3) is 0 Å². The van der Waals surface area contributed by atoms with E-state index in [1.54, 1.807) is 0 Å². The maximum atomic E-state index is 13.0. The van der Waals surface area contributed by atoms with Gasteiger partial charge in [-0.1, -0.05) is 48.5 Å². The van der Waals surface area contributed by atoms with Crippen molar-refractivity contribution in [1.29, 1.82) is 0 Å². The Labute approximate surface area is 144 Å². The van der Waals surface area contributed by atoms with Gasteiger partial charge in [0, 0.05) is 24.7 Å². The molecule has 3 nitrogen and oxygen atoms in total. The number of likely N-dealkylation sites (tertiary alicyclic amines) is 1. The first kappa shape index (κ1) is 16.7. The number of nitrogens with one attached hydrogen (secondary N) is 1. The zero-order chi connectivity index (χ0) is 16.8. The summed E-state index contributed by atoms with van der Waals surface area (Å²) in [5.74, 6) is 0.179. The molecule has 0 radical (unpaired) electrons. The van der Waals surface area contributed by atoms with Crippen LogP contribution in [0.4, 0.5) is 0 Å². The lowest BCUT2D eigenvalue weighted by atomic mass is 9.98. The van der Waals surface area contributed by atoms with Crippen LogP contribution in [-0.2, 0) is 12.8 Å². The third kappa shape index (κ3) is 4.04. The van der Waals surface area contributed by atoms with Gasteiger partial charge in [-0.2, -0.15) is 0 Å². The summed E-state index contributed by atoms with van der Waals surface area (Å²) in [4.78, 5) is 15.0.